The van der Waals surface area contributed by atoms with Crippen molar-refractivity contribution in [2.75, 3.05) is 11.1 Å². The highest BCUT2D eigenvalue weighted by atomic mass is 32.2. The molecular formula is C23H19F3N2O4S. The Kier molecular flexibility index (Phi) is 6.59. The van der Waals surface area contributed by atoms with Crippen molar-refractivity contribution in [1.29, 1.82) is 0 Å². The monoisotopic (exact) mass is 476 g/mol. The number of carbonyl (C=O) groups excluding carboxylic acids is 2. The summed E-state index contributed by atoms with van der Waals surface area (Å²) >= 11 is 0. The summed E-state index contributed by atoms with van der Waals surface area (Å²) < 4.78 is 62.1. The van der Waals surface area contributed by atoms with Gasteiger partial charge in [-0.05, 0) is 54.4 Å². The molecule has 0 fully saturated rings. The fourth-order valence-electron chi connectivity index (χ4n) is 3.16. The average Bonchev–Trinajstić information content (AvgIpc) is 2.75. The maximum absolute atomic E-state index is 13.0. The second-order valence-corrected chi connectivity index (χ2v) is 9.17. The topological polar surface area (TPSA) is 106 Å². The second-order valence-electron chi connectivity index (χ2n) is 7.22. The lowest BCUT2D eigenvalue weighted by Gasteiger charge is -2.13. The lowest BCUT2D eigenvalue weighted by atomic mass is 10.00. The van der Waals surface area contributed by atoms with E-state index in [2.05, 4.69) is 5.32 Å². The van der Waals surface area contributed by atoms with E-state index in [0.717, 1.165) is 23.8 Å². The maximum Gasteiger partial charge on any atom is 0.501 e. The Labute approximate surface area is 188 Å². The smallest absolute Gasteiger partial charge is 0.398 e. The first-order valence-corrected chi connectivity index (χ1v) is 11.1. The molecule has 3 rings (SSSR count). The Hall–Kier alpha value is -3.66. The molecule has 3 N–H and O–H groups in total. The number of carbonyl (C=O) groups is 2. The van der Waals surface area contributed by atoms with Crippen LogP contribution in [0.1, 0.15) is 31.8 Å². The molecule has 0 aliphatic carbocycles. The minimum absolute atomic E-state index is 0.0362. The van der Waals surface area contributed by atoms with Crippen molar-refractivity contribution in [3.63, 3.8) is 0 Å². The number of benzene rings is 3. The third-order valence-corrected chi connectivity index (χ3v) is 6.43. The highest BCUT2D eigenvalue weighted by Gasteiger charge is 2.47. The van der Waals surface area contributed by atoms with Crippen molar-refractivity contribution in [1.82, 2.24) is 0 Å². The molecule has 0 aliphatic heterocycles. The number of amides is 1. The van der Waals surface area contributed by atoms with Crippen molar-refractivity contribution >= 4 is 32.9 Å². The number of alkyl halides is 3. The molecule has 0 heterocycles. The van der Waals surface area contributed by atoms with Gasteiger partial charge in [0, 0.05) is 23.2 Å². The van der Waals surface area contributed by atoms with Gasteiger partial charge in [-0.2, -0.15) is 13.2 Å². The number of rotatable bonds is 6. The van der Waals surface area contributed by atoms with Crippen LogP contribution in [0.5, 0.6) is 0 Å². The molecule has 0 spiro atoms. The predicted octanol–water partition coefficient (Wildman–Crippen LogP) is 4.55. The summed E-state index contributed by atoms with van der Waals surface area (Å²) in [6, 6.07) is 15.5. The van der Waals surface area contributed by atoms with E-state index in [-0.39, 0.29) is 22.5 Å². The van der Waals surface area contributed by atoms with Crippen molar-refractivity contribution in [3.8, 4) is 0 Å². The van der Waals surface area contributed by atoms with Gasteiger partial charge in [-0.3, -0.25) is 9.59 Å². The number of sulfone groups is 1. The number of aryl methyl sites for hydroxylation is 1. The van der Waals surface area contributed by atoms with Crippen LogP contribution in [-0.4, -0.2) is 25.6 Å². The Balaban J connectivity index is 1.90. The fraction of sp³-hybridized carbons (Fsp3) is 0.130. The van der Waals surface area contributed by atoms with Gasteiger partial charge in [0.05, 0.1) is 10.6 Å². The molecule has 0 saturated carbocycles. The Morgan fingerprint density at radius 1 is 0.939 bits per heavy atom. The van der Waals surface area contributed by atoms with E-state index in [4.69, 9.17) is 5.73 Å². The van der Waals surface area contributed by atoms with Gasteiger partial charge in [0.2, 0.25) is 0 Å². The first kappa shape index (κ1) is 24.0. The summed E-state index contributed by atoms with van der Waals surface area (Å²) in [5.41, 5.74) is 1.62. The van der Waals surface area contributed by atoms with Crippen LogP contribution in [0.25, 0.3) is 0 Å². The summed E-state index contributed by atoms with van der Waals surface area (Å²) in [4.78, 5) is 24.6. The molecule has 10 heteroatoms. The van der Waals surface area contributed by atoms with E-state index in [1.807, 2.05) is 0 Å². The van der Waals surface area contributed by atoms with Gasteiger partial charge < -0.3 is 11.1 Å². The summed E-state index contributed by atoms with van der Waals surface area (Å²) in [6.07, 6.45) is -0.468. The zero-order chi connectivity index (χ0) is 24.4. The molecule has 6 nitrogen and oxygen atoms in total. The Morgan fingerprint density at radius 3 is 2.18 bits per heavy atom. The normalized spacial score (nSPS) is 11.8. The quantitative estimate of drug-likeness (QED) is 0.401. The van der Waals surface area contributed by atoms with E-state index in [1.165, 1.54) is 12.1 Å². The van der Waals surface area contributed by atoms with Crippen molar-refractivity contribution in [2.45, 2.75) is 23.7 Å². The molecule has 0 aromatic heterocycles. The zero-order valence-corrected chi connectivity index (χ0v) is 18.1. The molecule has 0 saturated heterocycles. The van der Waals surface area contributed by atoms with Gasteiger partial charge in [-0.15, -0.1) is 0 Å². The summed E-state index contributed by atoms with van der Waals surface area (Å²) in [6.45, 7) is 1.76. The molecule has 172 valence electrons. The van der Waals surface area contributed by atoms with E-state index in [1.54, 1.807) is 43.3 Å². The lowest BCUT2D eigenvalue weighted by molar-refractivity contribution is -0.0436. The molecule has 1 amide bonds. The number of Topliss-reactive ketones (excluding diaryl/α,β-unsaturated/α-hetero) is 1. The van der Waals surface area contributed by atoms with E-state index in [9.17, 15) is 31.2 Å². The summed E-state index contributed by atoms with van der Waals surface area (Å²) in [5, 5.41) is 2.67. The zero-order valence-electron chi connectivity index (χ0n) is 17.3. The standard InChI is InChI=1S/C23H19F3N2O4S/c1-14-6-2-3-7-17(14)22(30)28-20-9-5-4-8-18(20)21(29)13-15-12-16(10-11-19(15)27)33(31,32)23(24,25)26/h2-12H,13,27H2,1H3,(H,28,30). The molecule has 0 unspecified atom stereocenters. The fourth-order valence-corrected chi connectivity index (χ4v) is 3.97. The van der Waals surface area contributed by atoms with Crippen LogP contribution in [0.2, 0.25) is 0 Å². The van der Waals surface area contributed by atoms with E-state index >= 15 is 0 Å². The predicted molar refractivity (Wildman–Crippen MR) is 118 cm³/mol. The first-order valence-electron chi connectivity index (χ1n) is 9.61. The van der Waals surface area contributed by atoms with Crippen molar-refractivity contribution in [3.05, 3.63) is 89.0 Å². The van der Waals surface area contributed by atoms with Gasteiger partial charge in [0.1, 0.15) is 0 Å². The summed E-state index contributed by atoms with van der Waals surface area (Å²) in [5.74, 6) is -1.00. The average molecular weight is 476 g/mol. The van der Waals surface area contributed by atoms with Gasteiger partial charge >= 0.3 is 5.51 Å². The minimum Gasteiger partial charge on any atom is -0.398 e. The molecule has 0 bridgehead atoms. The number of ketones is 1. The number of hydrogen-bond donors (Lipinski definition) is 2. The highest BCUT2D eigenvalue weighted by Crippen LogP contribution is 2.32. The second kappa shape index (κ2) is 9.07. The van der Waals surface area contributed by atoms with Crippen molar-refractivity contribution < 1.29 is 31.2 Å². The van der Waals surface area contributed by atoms with Crippen LogP contribution < -0.4 is 11.1 Å². The van der Waals surface area contributed by atoms with Crippen LogP contribution in [0.3, 0.4) is 0 Å². The number of nitrogen functional groups attached to an aromatic ring is 1. The third-order valence-electron chi connectivity index (χ3n) is 4.95. The molecule has 0 aliphatic rings. The van der Waals surface area contributed by atoms with Gasteiger partial charge in [-0.1, -0.05) is 30.3 Å². The number of nitrogens with two attached hydrogens (primary N) is 1. The number of anilines is 2. The summed E-state index contributed by atoms with van der Waals surface area (Å²) in [7, 11) is -5.60. The van der Waals surface area contributed by atoms with Gasteiger partial charge in [-0.25, -0.2) is 8.42 Å². The van der Waals surface area contributed by atoms with Gasteiger partial charge in [0.15, 0.2) is 5.78 Å². The number of hydrogen-bond acceptors (Lipinski definition) is 5. The molecule has 0 radical (unpaired) electrons. The Bertz CT molecular complexity index is 1340. The van der Waals surface area contributed by atoms with Crippen molar-refractivity contribution in [2.24, 2.45) is 0 Å². The SMILES string of the molecule is Cc1ccccc1C(=O)Nc1ccccc1C(=O)Cc1cc(S(=O)(=O)C(F)(F)F)ccc1N. The molecular weight excluding hydrogens is 457 g/mol. The lowest BCUT2D eigenvalue weighted by Crippen LogP contribution is -2.23. The Morgan fingerprint density at radius 2 is 1.55 bits per heavy atom. The molecule has 0 atom stereocenters. The number of para-hydroxylation sites is 1. The van der Waals surface area contributed by atoms with Crippen LogP contribution in [0, 0.1) is 6.92 Å². The van der Waals surface area contributed by atoms with Crippen LogP contribution in [0.4, 0.5) is 24.5 Å². The van der Waals surface area contributed by atoms with Crippen LogP contribution in [0.15, 0.2) is 71.6 Å². The van der Waals surface area contributed by atoms with Crippen LogP contribution in [-0.2, 0) is 16.3 Å². The van der Waals surface area contributed by atoms with Crippen LogP contribution >= 0.6 is 0 Å². The van der Waals surface area contributed by atoms with E-state index in [0.29, 0.717) is 5.56 Å². The largest absolute Gasteiger partial charge is 0.501 e. The molecule has 3 aromatic rings. The van der Waals surface area contributed by atoms with Gasteiger partial charge in [0.25, 0.3) is 15.7 Å². The first-order chi connectivity index (χ1) is 15.4. The minimum atomic E-state index is -5.60. The van der Waals surface area contributed by atoms with E-state index < -0.39 is 38.4 Å². The highest BCUT2D eigenvalue weighted by molar-refractivity contribution is 7.92. The third kappa shape index (κ3) is 5.06. The number of nitrogens with one attached hydrogen (secondary N) is 1. The number of halogens is 3. The maximum atomic E-state index is 13.0. The molecule has 3 aromatic carbocycles. The molecule has 33 heavy (non-hydrogen) atoms.